The number of nitrogens with one attached hydrogen (secondary N) is 2. The molecule has 0 unspecified atom stereocenters. The summed E-state index contributed by atoms with van der Waals surface area (Å²) in [5, 5.41) is 5.78. The molecule has 6 heteroatoms. The van der Waals surface area contributed by atoms with Gasteiger partial charge >= 0.3 is 0 Å². The average molecular weight is 373 g/mol. The zero-order valence-corrected chi connectivity index (χ0v) is 16.4. The van der Waals surface area contributed by atoms with E-state index >= 15 is 0 Å². The van der Waals surface area contributed by atoms with Gasteiger partial charge in [-0.2, -0.15) is 0 Å². The Hall–Kier alpha value is -2.08. The molecule has 0 aromatic heterocycles. The molecule has 1 saturated heterocycles. The molecule has 1 aliphatic heterocycles. The Labute approximate surface area is 161 Å². The Balaban J connectivity index is 1.52. The van der Waals surface area contributed by atoms with Crippen molar-refractivity contribution in [2.75, 3.05) is 43.6 Å². The molecule has 27 heavy (non-hydrogen) atoms. The topological polar surface area (TPSA) is 70.7 Å². The molecule has 1 aromatic rings. The van der Waals surface area contributed by atoms with Gasteiger partial charge in [0.1, 0.15) is 5.41 Å². The van der Waals surface area contributed by atoms with E-state index < -0.39 is 5.41 Å². The lowest BCUT2D eigenvalue weighted by Crippen LogP contribution is -2.40. The lowest BCUT2D eigenvalue weighted by atomic mass is 9.99. The Morgan fingerprint density at radius 1 is 1.15 bits per heavy atom. The van der Waals surface area contributed by atoms with E-state index in [1.165, 1.54) is 18.5 Å². The van der Waals surface area contributed by atoms with Gasteiger partial charge in [-0.3, -0.25) is 9.59 Å². The molecule has 2 aliphatic rings. The highest BCUT2D eigenvalue weighted by atomic mass is 16.5. The van der Waals surface area contributed by atoms with Crippen molar-refractivity contribution >= 4 is 23.2 Å². The number of carbonyl (C=O) groups is 2. The van der Waals surface area contributed by atoms with Gasteiger partial charge in [-0.25, -0.2) is 0 Å². The van der Waals surface area contributed by atoms with Gasteiger partial charge in [-0.1, -0.05) is 6.92 Å². The number of carbonyl (C=O) groups excluding carboxylic acids is 2. The fourth-order valence-corrected chi connectivity index (χ4v) is 3.54. The van der Waals surface area contributed by atoms with Crippen LogP contribution in [-0.4, -0.2) is 45.2 Å². The Morgan fingerprint density at radius 2 is 1.81 bits per heavy atom. The van der Waals surface area contributed by atoms with E-state index in [-0.39, 0.29) is 11.8 Å². The maximum atomic E-state index is 12.6. The minimum Gasteiger partial charge on any atom is -0.385 e. The van der Waals surface area contributed by atoms with E-state index in [4.69, 9.17) is 4.74 Å². The molecule has 2 amide bonds. The second kappa shape index (κ2) is 8.74. The zero-order valence-electron chi connectivity index (χ0n) is 16.4. The smallest absolute Gasteiger partial charge is 0.240 e. The fraction of sp³-hybridized carbons (Fsp3) is 0.619. The van der Waals surface area contributed by atoms with Crippen molar-refractivity contribution in [3.8, 4) is 0 Å². The molecule has 1 aliphatic carbocycles. The van der Waals surface area contributed by atoms with Crippen molar-refractivity contribution in [1.29, 1.82) is 0 Å². The summed E-state index contributed by atoms with van der Waals surface area (Å²) in [6.45, 7) is 5.60. The Kier molecular flexibility index (Phi) is 6.37. The maximum Gasteiger partial charge on any atom is 0.240 e. The molecule has 1 aromatic carbocycles. The highest BCUT2D eigenvalue weighted by molar-refractivity contribution is 6.13. The van der Waals surface area contributed by atoms with E-state index in [0.29, 0.717) is 26.0 Å². The van der Waals surface area contributed by atoms with Crippen molar-refractivity contribution in [3.05, 3.63) is 24.3 Å². The molecule has 3 rings (SSSR count). The molecule has 6 nitrogen and oxygen atoms in total. The van der Waals surface area contributed by atoms with Gasteiger partial charge in [0.25, 0.3) is 0 Å². The molecule has 1 heterocycles. The van der Waals surface area contributed by atoms with Crippen molar-refractivity contribution in [2.45, 2.75) is 39.0 Å². The van der Waals surface area contributed by atoms with Gasteiger partial charge in [0.15, 0.2) is 0 Å². The van der Waals surface area contributed by atoms with Gasteiger partial charge in [0.05, 0.1) is 0 Å². The largest absolute Gasteiger partial charge is 0.385 e. The van der Waals surface area contributed by atoms with Crippen LogP contribution in [0.5, 0.6) is 0 Å². The van der Waals surface area contributed by atoms with Crippen LogP contribution in [0.3, 0.4) is 0 Å². The number of piperidine rings is 1. The van der Waals surface area contributed by atoms with Crippen LogP contribution in [0.2, 0.25) is 0 Å². The first-order valence-electron chi connectivity index (χ1n) is 9.99. The standard InChI is InChI=1S/C21H31N3O3/c1-16-8-13-24(14-9-16)18-6-4-17(5-7-18)23-20(26)21(10-11-21)19(25)22-12-3-15-27-2/h4-7,16H,3,8-15H2,1-2H3,(H,22,25)(H,23,26). The van der Waals surface area contributed by atoms with Crippen molar-refractivity contribution in [3.63, 3.8) is 0 Å². The summed E-state index contributed by atoms with van der Waals surface area (Å²) < 4.78 is 4.98. The quantitative estimate of drug-likeness (QED) is 0.543. The first-order chi connectivity index (χ1) is 13.0. The van der Waals surface area contributed by atoms with Crippen molar-refractivity contribution in [2.24, 2.45) is 11.3 Å². The molecule has 0 bridgehead atoms. The van der Waals surface area contributed by atoms with Crippen LogP contribution >= 0.6 is 0 Å². The Morgan fingerprint density at radius 3 is 2.41 bits per heavy atom. The minimum atomic E-state index is -0.894. The van der Waals surface area contributed by atoms with E-state index in [0.717, 1.165) is 31.1 Å². The number of hydrogen-bond acceptors (Lipinski definition) is 4. The fourth-order valence-electron chi connectivity index (χ4n) is 3.54. The molecule has 0 spiro atoms. The van der Waals surface area contributed by atoms with Gasteiger partial charge in [-0.05, 0) is 62.3 Å². The summed E-state index contributed by atoms with van der Waals surface area (Å²) in [5.74, 6) is 0.427. The first-order valence-corrected chi connectivity index (χ1v) is 9.99. The van der Waals surface area contributed by atoms with Crippen LogP contribution in [0.1, 0.15) is 39.0 Å². The zero-order chi connectivity index (χ0) is 19.3. The van der Waals surface area contributed by atoms with Gasteiger partial charge in [-0.15, -0.1) is 0 Å². The molecule has 1 saturated carbocycles. The van der Waals surface area contributed by atoms with Gasteiger partial charge < -0.3 is 20.3 Å². The predicted octanol–water partition coefficient (Wildman–Crippen LogP) is 2.79. The van der Waals surface area contributed by atoms with E-state index in [9.17, 15) is 9.59 Å². The normalized spacial score (nSPS) is 18.8. The monoisotopic (exact) mass is 373 g/mol. The summed E-state index contributed by atoms with van der Waals surface area (Å²) in [4.78, 5) is 27.4. The molecular weight excluding hydrogens is 342 g/mol. The maximum absolute atomic E-state index is 12.6. The number of nitrogens with zero attached hydrogens (tertiary/aromatic N) is 1. The average Bonchev–Trinajstić information content (AvgIpc) is 3.49. The van der Waals surface area contributed by atoms with Crippen LogP contribution in [-0.2, 0) is 14.3 Å². The highest BCUT2D eigenvalue weighted by Crippen LogP contribution is 2.46. The van der Waals surface area contributed by atoms with Crippen LogP contribution in [0.15, 0.2) is 24.3 Å². The Bertz CT molecular complexity index is 647. The first kappa shape index (κ1) is 19.7. The van der Waals surface area contributed by atoms with E-state index in [2.05, 4.69) is 34.6 Å². The number of benzene rings is 1. The van der Waals surface area contributed by atoms with Crippen molar-refractivity contribution < 1.29 is 14.3 Å². The van der Waals surface area contributed by atoms with Crippen molar-refractivity contribution in [1.82, 2.24) is 5.32 Å². The third-order valence-corrected chi connectivity index (χ3v) is 5.70. The number of anilines is 2. The second-order valence-electron chi connectivity index (χ2n) is 7.85. The molecule has 2 fully saturated rings. The minimum absolute atomic E-state index is 0.171. The van der Waals surface area contributed by atoms with Gasteiger partial charge in [0, 0.05) is 44.7 Å². The SMILES string of the molecule is COCCCNC(=O)C1(C(=O)Nc2ccc(N3CCC(C)CC3)cc2)CC1. The predicted molar refractivity (Wildman–Crippen MR) is 107 cm³/mol. The number of ether oxygens (including phenoxy) is 1. The number of amides is 2. The molecular formula is C21H31N3O3. The molecule has 0 atom stereocenters. The number of hydrogen-bond donors (Lipinski definition) is 2. The van der Waals surface area contributed by atoms with Crippen LogP contribution < -0.4 is 15.5 Å². The third-order valence-electron chi connectivity index (χ3n) is 5.70. The van der Waals surface area contributed by atoms with E-state index in [1.54, 1.807) is 7.11 Å². The molecule has 0 radical (unpaired) electrons. The number of rotatable bonds is 8. The second-order valence-corrected chi connectivity index (χ2v) is 7.85. The number of methoxy groups -OCH3 is 1. The van der Waals surface area contributed by atoms with Crippen LogP contribution in [0.25, 0.3) is 0 Å². The van der Waals surface area contributed by atoms with Crippen LogP contribution in [0.4, 0.5) is 11.4 Å². The third kappa shape index (κ3) is 4.80. The lowest BCUT2D eigenvalue weighted by Gasteiger charge is -2.32. The summed E-state index contributed by atoms with van der Waals surface area (Å²) in [7, 11) is 1.63. The molecule has 148 valence electrons. The summed E-state index contributed by atoms with van der Waals surface area (Å²) in [6, 6.07) is 7.96. The molecule has 2 N–H and O–H groups in total. The summed E-state index contributed by atoms with van der Waals surface area (Å²) in [6.07, 6.45) is 4.41. The van der Waals surface area contributed by atoms with Gasteiger partial charge in [0.2, 0.25) is 11.8 Å². The van der Waals surface area contributed by atoms with Crippen LogP contribution in [0, 0.1) is 11.3 Å². The van der Waals surface area contributed by atoms with E-state index in [1.807, 2.05) is 12.1 Å². The highest BCUT2D eigenvalue weighted by Gasteiger charge is 2.56. The summed E-state index contributed by atoms with van der Waals surface area (Å²) >= 11 is 0. The summed E-state index contributed by atoms with van der Waals surface area (Å²) in [5.41, 5.74) is 1.04. The lowest BCUT2D eigenvalue weighted by molar-refractivity contribution is -0.134.